The van der Waals surface area contributed by atoms with Gasteiger partial charge in [-0.2, -0.15) is 12.6 Å². The maximum Gasteiger partial charge on any atom is 0.412 e. The topological polar surface area (TPSA) is 102 Å². The number of amides is 1. The summed E-state index contributed by atoms with van der Waals surface area (Å²) in [5.41, 5.74) is 1.47. The van der Waals surface area contributed by atoms with E-state index in [1.54, 1.807) is 36.4 Å². The molecule has 0 aliphatic carbocycles. The van der Waals surface area contributed by atoms with Crippen LogP contribution in [0.25, 0.3) is 0 Å². The van der Waals surface area contributed by atoms with Crippen molar-refractivity contribution in [3.63, 3.8) is 0 Å². The molecule has 1 atom stereocenters. The standard InChI is InChI=1S/C21H22INO6S/c1-13(24)14-4-7-16(8-5-14)23-21(27)29-19(3-2-10-28-20(26)12-30)17-11-15(22)6-9-18(17)25/h4-9,11,19,25,30H,2-3,10,12H2,1H3,(H,23,27)/t19-/m0/s1. The second kappa shape index (κ2) is 11.8. The number of Topliss-reactive ketones (excluding diaryl/α,β-unsaturated/α-hetero) is 1. The van der Waals surface area contributed by atoms with Crippen molar-refractivity contribution in [2.24, 2.45) is 0 Å². The summed E-state index contributed by atoms with van der Waals surface area (Å²) in [6.07, 6.45) is -0.688. The van der Waals surface area contributed by atoms with Crippen LogP contribution in [0, 0.1) is 3.57 Å². The second-order valence-electron chi connectivity index (χ2n) is 6.38. The molecule has 2 rings (SSSR count). The third-order valence-corrected chi connectivity index (χ3v) is 5.06. The number of nitrogens with one attached hydrogen (secondary N) is 1. The highest BCUT2D eigenvalue weighted by molar-refractivity contribution is 14.1. The van der Waals surface area contributed by atoms with Crippen LogP contribution in [0.5, 0.6) is 5.75 Å². The lowest BCUT2D eigenvalue weighted by Gasteiger charge is -2.20. The summed E-state index contributed by atoms with van der Waals surface area (Å²) in [5, 5.41) is 12.8. The van der Waals surface area contributed by atoms with Crippen LogP contribution in [0.4, 0.5) is 10.5 Å². The summed E-state index contributed by atoms with van der Waals surface area (Å²) >= 11 is 5.95. The molecule has 0 radical (unpaired) electrons. The molecule has 1 amide bonds. The monoisotopic (exact) mass is 543 g/mol. The first-order valence-corrected chi connectivity index (χ1v) is 10.8. The molecule has 160 valence electrons. The van der Waals surface area contributed by atoms with Gasteiger partial charge in [-0.3, -0.25) is 14.9 Å². The molecule has 0 fully saturated rings. The zero-order chi connectivity index (χ0) is 22.1. The highest BCUT2D eigenvalue weighted by Gasteiger charge is 2.21. The van der Waals surface area contributed by atoms with E-state index in [2.05, 4.69) is 40.5 Å². The Morgan fingerprint density at radius 3 is 2.50 bits per heavy atom. The Morgan fingerprint density at radius 1 is 1.17 bits per heavy atom. The van der Waals surface area contributed by atoms with Crippen LogP contribution in [0.3, 0.4) is 0 Å². The lowest BCUT2D eigenvalue weighted by molar-refractivity contribution is -0.140. The SMILES string of the molecule is CC(=O)c1ccc(NC(=O)O[C@@H](CCCOC(=O)CS)c2cc(I)ccc2O)cc1. The van der Waals surface area contributed by atoms with Crippen molar-refractivity contribution in [2.75, 3.05) is 17.7 Å². The van der Waals surface area contributed by atoms with Crippen LogP contribution in [0.2, 0.25) is 0 Å². The summed E-state index contributed by atoms with van der Waals surface area (Å²) in [4.78, 5) is 35.0. The first-order valence-electron chi connectivity index (χ1n) is 9.13. The number of anilines is 1. The van der Waals surface area contributed by atoms with Gasteiger partial charge in [0, 0.05) is 20.4 Å². The number of phenols is 1. The lowest BCUT2D eigenvalue weighted by Crippen LogP contribution is -2.18. The van der Waals surface area contributed by atoms with E-state index in [9.17, 15) is 19.5 Å². The van der Waals surface area contributed by atoms with Crippen molar-refractivity contribution in [3.05, 3.63) is 57.2 Å². The minimum Gasteiger partial charge on any atom is -0.508 e. The third-order valence-electron chi connectivity index (χ3n) is 4.13. The molecule has 30 heavy (non-hydrogen) atoms. The number of ketones is 1. The molecule has 0 saturated heterocycles. The van der Waals surface area contributed by atoms with Gasteiger partial charge in [-0.1, -0.05) is 0 Å². The van der Waals surface area contributed by atoms with Crippen LogP contribution in [-0.2, 0) is 14.3 Å². The van der Waals surface area contributed by atoms with Gasteiger partial charge in [-0.25, -0.2) is 4.79 Å². The maximum atomic E-state index is 12.4. The van der Waals surface area contributed by atoms with E-state index in [4.69, 9.17) is 9.47 Å². The molecule has 0 bridgehead atoms. The summed E-state index contributed by atoms with van der Waals surface area (Å²) < 4.78 is 11.4. The number of carbonyl (C=O) groups excluding carboxylic acids is 3. The average Bonchev–Trinajstić information content (AvgIpc) is 2.72. The van der Waals surface area contributed by atoms with Crippen molar-refractivity contribution in [1.29, 1.82) is 0 Å². The summed E-state index contributed by atoms with van der Waals surface area (Å²) in [5.74, 6) is -0.509. The molecular formula is C21H22INO6S. The summed E-state index contributed by atoms with van der Waals surface area (Å²) in [7, 11) is 0. The number of ether oxygens (including phenoxy) is 2. The second-order valence-corrected chi connectivity index (χ2v) is 7.94. The molecule has 0 saturated carbocycles. The fraction of sp³-hybridized carbons (Fsp3) is 0.286. The predicted molar refractivity (Wildman–Crippen MR) is 124 cm³/mol. The van der Waals surface area contributed by atoms with Crippen LogP contribution < -0.4 is 5.32 Å². The average molecular weight is 543 g/mol. The third kappa shape index (κ3) is 7.52. The van der Waals surface area contributed by atoms with Crippen molar-refractivity contribution < 1.29 is 29.0 Å². The largest absolute Gasteiger partial charge is 0.508 e. The molecule has 9 heteroatoms. The number of hydrogen-bond donors (Lipinski definition) is 3. The minimum atomic E-state index is -0.745. The molecule has 0 aromatic heterocycles. The van der Waals surface area contributed by atoms with Gasteiger partial charge < -0.3 is 14.6 Å². The fourth-order valence-electron chi connectivity index (χ4n) is 2.63. The quantitative estimate of drug-likeness (QED) is 0.139. The van der Waals surface area contributed by atoms with Gasteiger partial charge in [0.15, 0.2) is 5.78 Å². The van der Waals surface area contributed by atoms with Crippen LogP contribution in [0.15, 0.2) is 42.5 Å². The highest BCUT2D eigenvalue weighted by Crippen LogP contribution is 2.32. The van der Waals surface area contributed by atoms with Crippen molar-refractivity contribution in [2.45, 2.75) is 25.9 Å². The highest BCUT2D eigenvalue weighted by atomic mass is 127. The van der Waals surface area contributed by atoms with Gasteiger partial charge in [-0.15, -0.1) is 0 Å². The van der Waals surface area contributed by atoms with E-state index in [1.807, 2.05) is 0 Å². The first-order chi connectivity index (χ1) is 14.3. The number of thiol groups is 1. The van der Waals surface area contributed by atoms with E-state index in [-0.39, 0.29) is 23.9 Å². The molecule has 7 nitrogen and oxygen atoms in total. The van der Waals surface area contributed by atoms with Crippen molar-refractivity contribution in [3.8, 4) is 5.75 Å². The Morgan fingerprint density at radius 2 is 1.87 bits per heavy atom. The molecule has 0 heterocycles. The molecular weight excluding hydrogens is 521 g/mol. The number of rotatable bonds is 9. The Labute approximate surface area is 193 Å². The van der Waals surface area contributed by atoms with E-state index in [1.165, 1.54) is 13.0 Å². The molecule has 0 aliphatic rings. The van der Waals surface area contributed by atoms with E-state index < -0.39 is 18.2 Å². The number of hydrogen-bond acceptors (Lipinski definition) is 7. The van der Waals surface area contributed by atoms with Crippen molar-refractivity contribution in [1.82, 2.24) is 0 Å². The molecule has 0 aliphatic heterocycles. The predicted octanol–water partition coefficient (Wildman–Crippen LogP) is 4.74. The zero-order valence-electron chi connectivity index (χ0n) is 16.3. The summed E-state index contributed by atoms with van der Waals surface area (Å²) in [6.45, 7) is 1.61. The molecule has 2 aromatic carbocycles. The number of carbonyl (C=O) groups is 3. The number of aromatic hydroxyl groups is 1. The van der Waals surface area contributed by atoms with Crippen LogP contribution in [0.1, 0.15) is 41.8 Å². The van der Waals surface area contributed by atoms with Gasteiger partial charge in [-0.05, 0) is 84.8 Å². The normalized spacial score (nSPS) is 11.4. The van der Waals surface area contributed by atoms with E-state index in [0.29, 0.717) is 29.7 Å². The first kappa shape index (κ1) is 24.0. The molecule has 0 spiro atoms. The fourth-order valence-corrected chi connectivity index (χ4v) is 3.23. The van der Waals surface area contributed by atoms with Gasteiger partial charge in [0.2, 0.25) is 0 Å². The van der Waals surface area contributed by atoms with Crippen molar-refractivity contribution >= 4 is 58.8 Å². The van der Waals surface area contributed by atoms with Crippen LogP contribution in [-0.4, -0.2) is 35.3 Å². The lowest BCUT2D eigenvalue weighted by atomic mass is 10.0. The number of phenolic OH excluding ortho intramolecular Hbond substituents is 1. The minimum absolute atomic E-state index is 0.00591. The number of esters is 1. The molecule has 2 N–H and O–H groups in total. The number of benzene rings is 2. The Kier molecular flexibility index (Phi) is 9.44. The molecule has 0 unspecified atom stereocenters. The van der Waals surface area contributed by atoms with Gasteiger partial charge in [0.25, 0.3) is 0 Å². The van der Waals surface area contributed by atoms with Gasteiger partial charge in [0.1, 0.15) is 11.9 Å². The number of halogens is 1. The molecule has 2 aromatic rings. The van der Waals surface area contributed by atoms with Crippen LogP contribution >= 0.6 is 35.2 Å². The Balaban J connectivity index is 2.07. The Bertz CT molecular complexity index is 903. The smallest absolute Gasteiger partial charge is 0.412 e. The Hall–Kier alpha value is -2.27. The zero-order valence-corrected chi connectivity index (χ0v) is 19.3. The van der Waals surface area contributed by atoms with E-state index in [0.717, 1.165) is 3.57 Å². The maximum absolute atomic E-state index is 12.4. The summed E-state index contributed by atoms with van der Waals surface area (Å²) in [6, 6.07) is 11.4. The van der Waals surface area contributed by atoms with E-state index >= 15 is 0 Å². The van der Waals surface area contributed by atoms with Gasteiger partial charge in [0.05, 0.1) is 12.4 Å². The van der Waals surface area contributed by atoms with Gasteiger partial charge >= 0.3 is 12.1 Å².